The van der Waals surface area contributed by atoms with Crippen LogP contribution in [0.25, 0.3) is 0 Å². The quantitative estimate of drug-likeness (QED) is 0.833. The van der Waals surface area contributed by atoms with Gasteiger partial charge in [0, 0.05) is 25.6 Å². The van der Waals surface area contributed by atoms with Crippen molar-refractivity contribution in [2.75, 3.05) is 13.7 Å². The number of hydrogen-bond donors (Lipinski definition) is 1. The molecular formula is C15H27NO3. The lowest BCUT2D eigenvalue weighted by molar-refractivity contribution is -0.137. The molecule has 0 bridgehead atoms. The van der Waals surface area contributed by atoms with Crippen molar-refractivity contribution < 1.29 is 14.6 Å². The SMILES string of the molecule is COC1CCCC(N2CCCCC2CCC(=O)O)C1. The Morgan fingerprint density at radius 2 is 2.11 bits per heavy atom. The molecule has 3 atom stereocenters. The van der Waals surface area contributed by atoms with Gasteiger partial charge in [-0.1, -0.05) is 6.42 Å². The highest BCUT2D eigenvalue weighted by atomic mass is 16.5. The molecule has 1 heterocycles. The minimum absolute atomic E-state index is 0.307. The van der Waals surface area contributed by atoms with Gasteiger partial charge in [-0.25, -0.2) is 0 Å². The summed E-state index contributed by atoms with van der Waals surface area (Å²) in [6.07, 6.45) is 10.0. The fraction of sp³-hybridized carbons (Fsp3) is 0.933. The molecule has 1 aliphatic carbocycles. The van der Waals surface area contributed by atoms with Crippen molar-refractivity contribution >= 4 is 5.97 Å². The van der Waals surface area contributed by atoms with E-state index in [9.17, 15) is 4.79 Å². The van der Waals surface area contributed by atoms with Gasteiger partial charge in [0.2, 0.25) is 0 Å². The number of piperidine rings is 1. The lowest BCUT2D eigenvalue weighted by Crippen LogP contribution is -2.49. The fourth-order valence-electron chi connectivity index (χ4n) is 3.74. The lowest BCUT2D eigenvalue weighted by atomic mass is 9.87. The number of carboxylic acids is 1. The first-order valence-electron chi connectivity index (χ1n) is 7.71. The lowest BCUT2D eigenvalue weighted by Gasteiger charge is -2.44. The molecule has 1 saturated carbocycles. The van der Waals surface area contributed by atoms with E-state index in [1.807, 2.05) is 7.11 Å². The molecule has 1 N–H and O–H groups in total. The Labute approximate surface area is 116 Å². The van der Waals surface area contributed by atoms with E-state index in [4.69, 9.17) is 9.84 Å². The van der Waals surface area contributed by atoms with Crippen LogP contribution in [-0.4, -0.2) is 47.8 Å². The third-order valence-corrected chi connectivity index (χ3v) is 4.76. The maximum Gasteiger partial charge on any atom is 0.303 e. The molecule has 1 saturated heterocycles. The van der Waals surface area contributed by atoms with Gasteiger partial charge in [-0.3, -0.25) is 9.69 Å². The van der Waals surface area contributed by atoms with Gasteiger partial charge in [0.05, 0.1) is 6.10 Å². The zero-order valence-electron chi connectivity index (χ0n) is 12.0. The zero-order chi connectivity index (χ0) is 13.7. The summed E-state index contributed by atoms with van der Waals surface area (Å²) in [5.74, 6) is -0.663. The normalized spacial score (nSPS) is 33.2. The van der Waals surface area contributed by atoms with Crippen LogP contribution in [0, 0.1) is 0 Å². The molecule has 3 unspecified atom stereocenters. The van der Waals surface area contributed by atoms with Crippen LogP contribution in [0.5, 0.6) is 0 Å². The smallest absolute Gasteiger partial charge is 0.303 e. The van der Waals surface area contributed by atoms with Gasteiger partial charge >= 0.3 is 5.97 Å². The number of hydrogen-bond acceptors (Lipinski definition) is 3. The molecule has 1 aliphatic heterocycles. The highest BCUT2D eigenvalue weighted by molar-refractivity contribution is 5.66. The summed E-state index contributed by atoms with van der Waals surface area (Å²) in [4.78, 5) is 13.4. The molecule has 0 aromatic rings. The fourth-order valence-corrected chi connectivity index (χ4v) is 3.74. The first kappa shape index (κ1) is 14.8. The second kappa shape index (κ2) is 7.25. The van der Waals surface area contributed by atoms with Crippen molar-refractivity contribution in [3.05, 3.63) is 0 Å². The summed E-state index contributed by atoms with van der Waals surface area (Å²) in [6, 6.07) is 1.09. The first-order valence-corrected chi connectivity index (χ1v) is 7.71. The molecule has 0 aromatic carbocycles. The van der Waals surface area contributed by atoms with Gasteiger partial charge in [-0.15, -0.1) is 0 Å². The van der Waals surface area contributed by atoms with Gasteiger partial charge in [0.25, 0.3) is 0 Å². The standard InChI is InChI=1S/C15H27NO3/c1-19-14-7-4-6-13(11-14)16-10-3-2-5-12(16)8-9-15(17)18/h12-14H,2-11H2,1H3,(H,17,18). The molecule has 19 heavy (non-hydrogen) atoms. The number of aliphatic carboxylic acids is 1. The van der Waals surface area contributed by atoms with E-state index in [-0.39, 0.29) is 0 Å². The van der Waals surface area contributed by atoms with E-state index in [2.05, 4.69) is 4.90 Å². The van der Waals surface area contributed by atoms with E-state index in [1.54, 1.807) is 0 Å². The topological polar surface area (TPSA) is 49.8 Å². The van der Waals surface area contributed by atoms with Crippen LogP contribution in [0.2, 0.25) is 0 Å². The first-order chi connectivity index (χ1) is 9.20. The minimum Gasteiger partial charge on any atom is -0.481 e. The Morgan fingerprint density at radius 1 is 1.26 bits per heavy atom. The molecule has 110 valence electrons. The van der Waals surface area contributed by atoms with Crippen LogP contribution in [-0.2, 0) is 9.53 Å². The molecule has 4 nitrogen and oxygen atoms in total. The van der Waals surface area contributed by atoms with E-state index < -0.39 is 5.97 Å². The Bertz CT molecular complexity index is 295. The van der Waals surface area contributed by atoms with Crippen molar-refractivity contribution in [1.29, 1.82) is 0 Å². The number of methoxy groups -OCH3 is 1. The minimum atomic E-state index is -0.663. The van der Waals surface area contributed by atoms with Crippen LogP contribution in [0.3, 0.4) is 0 Å². The third-order valence-electron chi connectivity index (χ3n) is 4.76. The Kier molecular flexibility index (Phi) is 5.64. The predicted octanol–water partition coefficient (Wildman–Crippen LogP) is 2.66. The van der Waals surface area contributed by atoms with Gasteiger partial charge < -0.3 is 9.84 Å². The van der Waals surface area contributed by atoms with Crippen molar-refractivity contribution in [2.45, 2.75) is 76.0 Å². The Hall–Kier alpha value is -0.610. The summed E-state index contributed by atoms with van der Waals surface area (Å²) >= 11 is 0. The zero-order valence-corrected chi connectivity index (χ0v) is 12.0. The Morgan fingerprint density at radius 3 is 2.84 bits per heavy atom. The second-order valence-corrected chi connectivity index (χ2v) is 6.00. The van der Waals surface area contributed by atoms with E-state index in [0.29, 0.717) is 24.6 Å². The number of likely N-dealkylation sites (tertiary alicyclic amines) is 1. The largest absolute Gasteiger partial charge is 0.481 e. The number of carboxylic acid groups (broad SMARTS) is 1. The van der Waals surface area contributed by atoms with Crippen molar-refractivity contribution in [3.8, 4) is 0 Å². The van der Waals surface area contributed by atoms with Crippen LogP contribution in [0.4, 0.5) is 0 Å². The number of ether oxygens (including phenoxy) is 1. The second-order valence-electron chi connectivity index (χ2n) is 6.00. The molecule has 2 aliphatic rings. The molecule has 0 aromatic heterocycles. The van der Waals surface area contributed by atoms with E-state index in [1.165, 1.54) is 38.5 Å². The van der Waals surface area contributed by atoms with E-state index in [0.717, 1.165) is 19.4 Å². The monoisotopic (exact) mass is 269 g/mol. The molecule has 0 amide bonds. The van der Waals surface area contributed by atoms with E-state index >= 15 is 0 Å². The highest BCUT2D eigenvalue weighted by Gasteiger charge is 2.32. The average Bonchev–Trinajstić information content (AvgIpc) is 2.45. The maximum atomic E-state index is 10.8. The molecule has 0 radical (unpaired) electrons. The van der Waals surface area contributed by atoms with Gasteiger partial charge in [0.15, 0.2) is 0 Å². The van der Waals surface area contributed by atoms with Gasteiger partial charge in [-0.05, 0) is 51.5 Å². The average molecular weight is 269 g/mol. The highest BCUT2D eigenvalue weighted by Crippen LogP contribution is 2.31. The van der Waals surface area contributed by atoms with Crippen molar-refractivity contribution in [3.63, 3.8) is 0 Å². The molecule has 2 rings (SSSR count). The van der Waals surface area contributed by atoms with Crippen LogP contribution in [0.15, 0.2) is 0 Å². The van der Waals surface area contributed by atoms with Crippen molar-refractivity contribution in [2.24, 2.45) is 0 Å². The molecule has 2 fully saturated rings. The number of carbonyl (C=O) groups is 1. The summed E-state index contributed by atoms with van der Waals surface area (Å²) < 4.78 is 5.52. The maximum absolute atomic E-state index is 10.8. The summed E-state index contributed by atoms with van der Waals surface area (Å²) in [6.45, 7) is 1.14. The molecular weight excluding hydrogens is 242 g/mol. The summed E-state index contributed by atoms with van der Waals surface area (Å²) in [7, 11) is 1.81. The predicted molar refractivity (Wildman–Crippen MR) is 74.3 cm³/mol. The summed E-state index contributed by atoms with van der Waals surface area (Å²) in [5, 5.41) is 8.88. The summed E-state index contributed by atoms with van der Waals surface area (Å²) in [5.41, 5.74) is 0. The van der Waals surface area contributed by atoms with Crippen molar-refractivity contribution in [1.82, 2.24) is 4.90 Å². The van der Waals surface area contributed by atoms with Gasteiger partial charge in [0.1, 0.15) is 0 Å². The number of rotatable bonds is 5. The Balaban J connectivity index is 1.92. The van der Waals surface area contributed by atoms with Crippen LogP contribution < -0.4 is 0 Å². The van der Waals surface area contributed by atoms with Crippen LogP contribution >= 0.6 is 0 Å². The third kappa shape index (κ3) is 4.18. The molecule has 4 heteroatoms. The number of nitrogens with zero attached hydrogens (tertiary/aromatic N) is 1. The molecule has 0 spiro atoms. The van der Waals surface area contributed by atoms with Gasteiger partial charge in [-0.2, -0.15) is 0 Å². The van der Waals surface area contributed by atoms with Crippen LogP contribution in [0.1, 0.15) is 57.8 Å².